The molecule has 0 unspecified atom stereocenters. The minimum absolute atomic E-state index is 0.0185. The largest absolute Gasteiger partial charge is 0.416 e. The Bertz CT molecular complexity index is 766. The van der Waals surface area contributed by atoms with Crippen molar-refractivity contribution < 1.29 is 21.6 Å². The van der Waals surface area contributed by atoms with E-state index < -0.39 is 21.8 Å². The summed E-state index contributed by atoms with van der Waals surface area (Å²) >= 11 is 0. The molecule has 0 spiro atoms. The second-order valence-electron chi connectivity index (χ2n) is 4.49. The van der Waals surface area contributed by atoms with Gasteiger partial charge in [-0.05, 0) is 31.5 Å². The second-order valence-corrected chi connectivity index (χ2v) is 6.14. The molecular weight excluding hydrogens is 307 g/mol. The molecule has 0 saturated heterocycles. The van der Waals surface area contributed by atoms with Gasteiger partial charge in [-0.2, -0.15) is 18.3 Å². The van der Waals surface area contributed by atoms with Crippen LogP contribution in [0.1, 0.15) is 16.8 Å². The first-order chi connectivity index (χ1) is 9.61. The fourth-order valence-electron chi connectivity index (χ4n) is 1.81. The molecule has 0 fully saturated rings. The van der Waals surface area contributed by atoms with Gasteiger partial charge >= 0.3 is 6.18 Å². The number of nitrogens with one attached hydrogen (secondary N) is 2. The van der Waals surface area contributed by atoms with E-state index in [1.54, 1.807) is 0 Å². The van der Waals surface area contributed by atoms with Crippen LogP contribution in [0.4, 0.5) is 18.9 Å². The highest BCUT2D eigenvalue weighted by molar-refractivity contribution is 7.92. The van der Waals surface area contributed by atoms with Crippen molar-refractivity contribution in [3.63, 3.8) is 0 Å². The number of sulfonamides is 1. The number of alkyl halides is 3. The highest BCUT2D eigenvalue weighted by Gasteiger charge is 2.33. The van der Waals surface area contributed by atoms with Gasteiger partial charge < -0.3 is 0 Å². The van der Waals surface area contributed by atoms with E-state index in [2.05, 4.69) is 14.9 Å². The number of rotatable bonds is 3. The van der Waals surface area contributed by atoms with Gasteiger partial charge in [0.15, 0.2) is 0 Å². The van der Waals surface area contributed by atoms with Crippen molar-refractivity contribution >= 4 is 15.7 Å². The van der Waals surface area contributed by atoms with E-state index in [0.29, 0.717) is 5.69 Å². The van der Waals surface area contributed by atoms with Gasteiger partial charge in [0.05, 0.1) is 17.5 Å². The molecule has 0 amide bonds. The predicted molar refractivity (Wildman–Crippen MR) is 70.3 cm³/mol. The van der Waals surface area contributed by atoms with Crippen LogP contribution in [0.3, 0.4) is 0 Å². The maximum atomic E-state index is 12.8. The van der Waals surface area contributed by atoms with Crippen molar-refractivity contribution in [2.24, 2.45) is 0 Å². The molecule has 1 heterocycles. The maximum absolute atomic E-state index is 12.8. The predicted octanol–water partition coefficient (Wildman–Crippen LogP) is 2.85. The van der Waals surface area contributed by atoms with Gasteiger partial charge in [0.1, 0.15) is 4.90 Å². The molecule has 114 valence electrons. The van der Waals surface area contributed by atoms with Crippen LogP contribution in [0.15, 0.2) is 29.3 Å². The SMILES string of the molecule is Cc1ccc(NS(=O)(=O)c2cn[nH]c2C)cc1C(F)(F)F. The summed E-state index contributed by atoms with van der Waals surface area (Å²) in [7, 11) is -3.99. The standard InChI is InChI=1S/C12H12F3N3O2S/c1-7-3-4-9(5-10(7)12(13,14)15)18-21(19,20)11-6-16-17-8(11)2/h3-6,18H,1-2H3,(H,16,17). The number of nitrogens with zero attached hydrogens (tertiary/aromatic N) is 1. The van der Waals surface area contributed by atoms with Crippen molar-refractivity contribution in [2.45, 2.75) is 24.9 Å². The van der Waals surface area contributed by atoms with E-state index in [1.807, 2.05) is 0 Å². The Kier molecular flexibility index (Phi) is 3.70. The van der Waals surface area contributed by atoms with Crippen LogP contribution in [0.2, 0.25) is 0 Å². The summed E-state index contributed by atoms with van der Waals surface area (Å²) < 4.78 is 64.7. The molecule has 0 aliphatic heterocycles. The zero-order valence-electron chi connectivity index (χ0n) is 11.1. The van der Waals surface area contributed by atoms with Crippen molar-refractivity contribution in [1.82, 2.24) is 10.2 Å². The van der Waals surface area contributed by atoms with Crippen molar-refractivity contribution in [1.29, 1.82) is 0 Å². The van der Waals surface area contributed by atoms with E-state index in [0.717, 1.165) is 12.3 Å². The zero-order valence-corrected chi connectivity index (χ0v) is 11.9. The zero-order chi connectivity index (χ0) is 15.8. The lowest BCUT2D eigenvalue weighted by atomic mass is 10.1. The molecule has 0 radical (unpaired) electrons. The number of halogens is 3. The maximum Gasteiger partial charge on any atom is 0.416 e. The minimum Gasteiger partial charge on any atom is -0.281 e. The third kappa shape index (κ3) is 3.18. The molecule has 0 atom stereocenters. The van der Waals surface area contributed by atoms with Crippen molar-refractivity contribution in [3.05, 3.63) is 41.2 Å². The summed E-state index contributed by atoms with van der Waals surface area (Å²) in [4.78, 5) is -0.114. The Morgan fingerprint density at radius 2 is 1.90 bits per heavy atom. The lowest BCUT2D eigenvalue weighted by Crippen LogP contribution is -2.15. The Morgan fingerprint density at radius 3 is 2.43 bits per heavy atom. The smallest absolute Gasteiger partial charge is 0.281 e. The molecule has 0 aliphatic rings. The Hall–Kier alpha value is -2.03. The highest BCUT2D eigenvalue weighted by Crippen LogP contribution is 2.33. The fourth-order valence-corrected chi connectivity index (χ4v) is 3.00. The topological polar surface area (TPSA) is 74.8 Å². The van der Waals surface area contributed by atoms with Gasteiger partial charge in [0.25, 0.3) is 10.0 Å². The molecule has 5 nitrogen and oxygen atoms in total. The Labute approximate surface area is 119 Å². The molecule has 1 aromatic carbocycles. The number of benzene rings is 1. The third-order valence-electron chi connectivity index (χ3n) is 2.87. The van der Waals surface area contributed by atoms with Crippen LogP contribution >= 0.6 is 0 Å². The first-order valence-electron chi connectivity index (χ1n) is 5.82. The summed E-state index contributed by atoms with van der Waals surface area (Å²) in [6.07, 6.45) is -3.45. The molecule has 0 aliphatic carbocycles. The minimum atomic E-state index is -4.54. The lowest BCUT2D eigenvalue weighted by Gasteiger charge is -2.13. The van der Waals surface area contributed by atoms with E-state index in [4.69, 9.17) is 0 Å². The number of aryl methyl sites for hydroxylation is 2. The normalized spacial score (nSPS) is 12.4. The van der Waals surface area contributed by atoms with Gasteiger partial charge in [-0.15, -0.1) is 0 Å². The van der Waals surface area contributed by atoms with E-state index >= 15 is 0 Å². The second kappa shape index (κ2) is 5.06. The highest BCUT2D eigenvalue weighted by atomic mass is 32.2. The molecule has 21 heavy (non-hydrogen) atoms. The number of aromatic amines is 1. The lowest BCUT2D eigenvalue weighted by molar-refractivity contribution is -0.138. The third-order valence-corrected chi connectivity index (χ3v) is 4.36. The molecule has 2 aromatic rings. The average Bonchev–Trinajstić information content (AvgIpc) is 2.77. The van der Waals surface area contributed by atoms with Crippen LogP contribution in [0.5, 0.6) is 0 Å². The van der Waals surface area contributed by atoms with Crippen molar-refractivity contribution in [3.8, 4) is 0 Å². The van der Waals surface area contributed by atoms with Crippen LogP contribution in [-0.4, -0.2) is 18.6 Å². The molecular formula is C12H12F3N3O2S. The number of aromatic nitrogens is 2. The number of hydrogen-bond acceptors (Lipinski definition) is 3. The molecule has 2 rings (SSSR count). The van der Waals surface area contributed by atoms with Gasteiger partial charge in [0.2, 0.25) is 0 Å². The summed E-state index contributed by atoms with van der Waals surface area (Å²) in [6.45, 7) is 2.80. The first-order valence-corrected chi connectivity index (χ1v) is 7.30. The van der Waals surface area contributed by atoms with Crippen LogP contribution in [0.25, 0.3) is 0 Å². The summed E-state index contributed by atoms with van der Waals surface area (Å²) in [5.74, 6) is 0. The summed E-state index contributed by atoms with van der Waals surface area (Å²) in [6, 6.07) is 3.25. The van der Waals surface area contributed by atoms with Gasteiger partial charge in [-0.3, -0.25) is 9.82 Å². The monoisotopic (exact) mass is 319 g/mol. The van der Waals surface area contributed by atoms with Gasteiger partial charge in [-0.1, -0.05) is 6.07 Å². The number of hydrogen-bond donors (Lipinski definition) is 2. The van der Waals surface area contributed by atoms with Crippen LogP contribution in [-0.2, 0) is 16.2 Å². The van der Waals surface area contributed by atoms with Crippen molar-refractivity contribution in [2.75, 3.05) is 4.72 Å². The van der Waals surface area contributed by atoms with E-state index in [1.165, 1.54) is 26.0 Å². The van der Waals surface area contributed by atoms with E-state index in [-0.39, 0.29) is 16.1 Å². The molecule has 9 heteroatoms. The Balaban J connectivity index is 2.39. The van der Waals surface area contributed by atoms with Crippen LogP contribution < -0.4 is 4.72 Å². The summed E-state index contributed by atoms with van der Waals surface area (Å²) in [5, 5.41) is 6.03. The van der Waals surface area contributed by atoms with Gasteiger partial charge in [-0.25, -0.2) is 8.42 Å². The molecule has 1 aromatic heterocycles. The fraction of sp³-hybridized carbons (Fsp3) is 0.250. The average molecular weight is 319 g/mol. The number of H-pyrrole nitrogens is 1. The van der Waals surface area contributed by atoms with E-state index in [9.17, 15) is 21.6 Å². The first kappa shape index (κ1) is 15.4. The molecule has 0 saturated carbocycles. The molecule has 2 N–H and O–H groups in total. The summed E-state index contributed by atoms with van der Waals surface area (Å²) in [5.41, 5.74) is -0.726. The van der Waals surface area contributed by atoms with Crippen LogP contribution in [0, 0.1) is 13.8 Å². The Morgan fingerprint density at radius 1 is 1.24 bits per heavy atom. The van der Waals surface area contributed by atoms with Gasteiger partial charge in [0, 0.05) is 5.69 Å². The quantitative estimate of drug-likeness (QED) is 0.913. The number of anilines is 1. The molecule has 0 bridgehead atoms.